The molecule has 2 nitrogen and oxygen atoms in total. The zero-order valence-electron chi connectivity index (χ0n) is 10.9. The zero-order valence-corrected chi connectivity index (χ0v) is 11.7. The molecule has 0 radical (unpaired) electrons. The van der Waals surface area contributed by atoms with Crippen molar-refractivity contribution in [3.05, 3.63) is 51.5 Å². The maximum Gasteiger partial charge on any atom is 0.177 e. The number of aryl methyl sites for hydroxylation is 1. The van der Waals surface area contributed by atoms with Crippen molar-refractivity contribution in [2.75, 3.05) is 7.11 Å². The van der Waals surface area contributed by atoms with Crippen molar-refractivity contribution in [3.63, 3.8) is 0 Å². The summed E-state index contributed by atoms with van der Waals surface area (Å²) in [6.45, 7) is 2.02. The Morgan fingerprint density at radius 3 is 2.79 bits per heavy atom. The minimum atomic E-state index is -0.435. The average molecular weight is 278 g/mol. The number of benzene rings is 1. The fourth-order valence-corrected chi connectivity index (χ4v) is 2.88. The molecule has 1 heterocycles. The molecule has 1 aromatic carbocycles. The molecule has 0 N–H and O–H groups in total. The van der Waals surface area contributed by atoms with E-state index in [9.17, 15) is 9.18 Å². The molecular weight excluding hydrogens is 263 g/mol. The van der Waals surface area contributed by atoms with Crippen LogP contribution in [-0.4, -0.2) is 12.9 Å². The van der Waals surface area contributed by atoms with Gasteiger partial charge in [0.15, 0.2) is 17.3 Å². The van der Waals surface area contributed by atoms with E-state index in [0.717, 1.165) is 16.9 Å². The SMILES string of the molecule is CCc1ccsc1C(=O)Cc1ccc(OC)c(F)c1. The van der Waals surface area contributed by atoms with Crippen LogP contribution in [0.25, 0.3) is 0 Å². The second-order valence-electron chi connectivity index (χ2n) is 4.20. The molecule has 0 fully saturated rings. The highest BCUT2D eigenvalue weighted by Gasteiger charge is 2.13. The van der Waals surface area contributed by atoms with Gasteiger partial charge in [-0.05, 0) is 41.1 Å². The molecule has 19 heavy (non-hydrogen) atoms. The van der Waals surface area contributed by atoms with Gasteiger partial charge in [-0.25, -0.2) is 4.39 Å². The van der Waals surface area contributed by atoms with Gasteiger partial charge in [-0.15, -0.1) is 11.3 Å². The molecule has 0 aliphatic rings. The molecule has 2 aromatic rings. The van der Waals surface area contributed by atoms with Crippen molar-refractivity contribution < 1.29 is 13.9 Å². The average Bonchev–Trinajstić information content (AvgIpc) is 2.87. The van der Waals surface area contributed by atoms with Crippen LogP contribution in [0.4, 0.5) is 4.39 Å². The van der Waals surface area contributed by atoms with E-state index in [4.69, 9.17) is 4.74 Å². The normalized spacial score (nSPS) is 10.5. The molecule has 1 aromatic heterocycles. The molecule has 0 spiro atoms. The summed E-state index contributed by atoms with van der Waals surface area (Å²) in [6.07, 6.45) is 1.05. The van der Waals surface area contributed by atoms with E-state index in [1.807, 2.05) is 18.4 Å². The summed E-state index contributed by atoms with van der Waals surface area (Å²) >= 11 is 1.45. The Morgan fingerprint density at radius 2 is 2.16 bits per heavy atom. The minimum absolute atomic E-state index is 0.0383. The summed E-state index contributed by atoms with van der Waals surface area (Å²) in [5, 5.41) is 1.92. The first-order valence-electron chi connectivity index (χ1n) is 6.07. The van der Waals surface area contributed by atoms with Gasteiger partial charge in [-0.1, -0.05) is 13.0 Å². The Hall–Kier alpha value is -1.68. The molecule has 0 bridgehead atoms. The summed E-state index contributed by atoms with van der Waals surface area (Å²) in [6, 6.07) is 6.59. The summed E-state index contributed by atoms with van der Waals surface area (Å²) in [5.41, 5.74) is 1.72. The fourth-order valence-electron chi connectivity index (χ4n) is 1.94. The molecule has 0 amide bonds. The number of methoxy groups -OCH3 is 1. The maximum atomic E-state index is 13.6. The van der Waals surface area contributed by atoms with Crippen LogP contribution in [0.15, 0.2) is 29.6 Å². The molecule has 0 saturated heterocycles. The Morgan fingerprint density at radius 1 is 1.37 bits per heavy atom. The topological polar surface area (TPSA) is 26.3 Å². The lowest BCUT2D eigenvalue weighted by Gasteiger charge is -2.05. The molecule has 0 atom stereocenters. The fraction of sp³-hybridized carbons (Fsp3) is 0.267. The molecule has 0 saturated carbocycles. The number of halogens is 1. The lowest BCUT2D eigenvalue weighted by atomic mass is 10.0. The van der Waals surface area contributed by atoms with Gasteiger partial charge in [-0.3, -0.25) is 4.79 Å². The quantitative estimate of drug-likeness (QED) is 0.776. The number of rotatable bonds is 5. The van der Waals surface area contributed by atoms with E-state index >= 15 is 0 Å². The predicted octanol–water partition coefficient (Wildman–Crippen LogP) is 3.88. The van der Waals surface area contributed by atoms with Crippen molar-refractivity contribution in [1.29, 1.82) is 0 Å². The molecule has 0 aliphatic carbocycles. The van der Waals surface area contributed by atoms with E-state index in [1.165, 1.54) is 24.5 Å². The van der Waals surface area contributed by atoms with Gasteiger partial charge in [0.1, 0.15) is 0 Å². The van der Waals surface area contributed by atoms with Crippen molar-refractivity contribution in [3.8, 4) is 5.75 Å². The Bertz CT molecular complexity index is 590. The van der Waals surface area contributed by atoms with Crippen LogP contribution >= 0.6 is 11.3 Å². The van der Waals surface area contributed by atoms with E-state index < -0.39 is 5.82 Å². The third-order valence-corrected chi connectivity index (χ3v) is 3.96. The summed E-state index contributed by atoms with van der Waals surface area (Å²) in [7, 11) is 1.42. The first-order valence-corrected chi connectivity index (χ1v) is 6.95. The smallest absolute Gasteiger partial charge is 0.177 e. The number of Topliss-reactive ketones (excluding diaryl/α,β-unsaturated/α-hetero) is 1. The van der Waals surface area contributed by atoms with Crippen molar-refractivity contribution in [1.82, 2.24) is 0 Å². The third-order valence-electron chi connectivity index (χ3n) is 2.96. The van der Waals surface area contributed by atoms with Gasteiger partial charge < -0.3 is 4.74 Å². The molecule has 2 rings (SSSR count). The van der Waals surface area contributed by atoms with E-state index in [1.54, 1.807) is 12.1 Å². The number of ketones is 1. The second kappa shape index (κ2) is 5.97. The zero-order chi connectivity index (χ0) is 13.8. The van der Waals surface area contributed by atoms with Crippen LogP contribution in [0.3, 0.4) is 0 Å². The number of carbonyl (C=O) groups is 1. The van der Waals surface area contributed by atoms with E-state index in [2.05, 4.69) is 0 Å². The van der Waals surface area contributed by atoms with Gasteiger partial charge >= 0.3 is 0 Å². The summed E-state index contributed by atoms with van der Waals surface area (Å²) < 4.78 is 18.4. The lowest BCUT2D eigenvalue weighted by Crippen LogP contribution is -2.04. The van der Waals surface area contributed by atoms with Crippen molar-refractivity contribution in [2.24, 2.45) is 0 Å². The van der Waals surface area contributed by atoms with Gasteiger partial charge in [0.05, 0.1) is 12.0 Å². The van der Waals surface area contributed by atoms with Gasteiger partial charge in [-0.2, -0.15) is 0 Å². The third kappa shape index (κ3) is 3.01. The van der Waals surface area contributed by atoms with Crippen LogP contribution in [0.2, 0.25) is 0 Å². The number of thiophene rings is 1. The standard InChI is InChI=1S/C15H15FO2S/c1-3-11-6-7-19-15(11)13(17)9-10-4-5-14(18-2)12(16)8-10/h4-8H,3,9H2,1-2H3. The van der Waals surface area contributed by atoms with E-state index in [-0.39, 0.29) is 18.0 Å². The van der Waals surface area contributed by atoms with Gasteiger partial charge in [0.25, 0.3) is 0 Å². The van der Waals surface area contributed by atoms with Crippen molar-refractivity contribution in [2.45, 2.75) is 19.8 Å². The maximum absolute atomic E-state index is 13.6. The van der Waals surface area contributed by atoms with Crippen molar-refractivity contribution >= 4 is 17.1 Å². The molecule has 4 heteroatoms. The van der Waals surface area contributed by atoms with Gasteiger partial charge in [0.2, 0.25) is 0 Å². The molecule has 100 valence electrons. The monoisotopic (exact) mass is 278 g/mol. The lowest BCUT2D eigenvalue weighted by molar-refractivity contribution is 0.0996. The summed E-state index contributed by atoms with van der Waals surface area (Å²) in [5.74, 6) is -0.201. The number of hydrogen-bond donors (Lipinski definition) is 0. The number of hydrogen-bond acceptors (Lipinski definition) is 3. The first kappa shape index (κ1) is 13.7. The van der Waals surface area contributed by atoms with Crippen LogP contribution in [-0.2, 0) is 12.8 Å². The second-order valence-corrected chi connectivity index (χ2v) is 5.11. The number of ether oxygens (including phenoxy) is 1. The van der Waals surface area contributed by atoms with Gasteiger partial charge in [0, 0.05) is 6.42 Å². The van der Waals surface area contributed by atoms with Crippen LogP contribution in [0.5, 0.6) is 5.75 Å². The van der Waals surface area contributed by atoms with E-state index in [0.29, 0.717) is 5.56 Å². The first-order chi connectivity index (χ1) is 9.15. The molecule has 0 aliphatic heterocycles. The number of carbonyl (C=O) groups excluding carboxylic acids is 1. The summed E-state index contributed by atoms with van der Waals surface area (Å²) in [4.78, 5) is 13.0. The Labute approximate surface area is 115 Å². The Balaban J connectivity index is 2.17. The van der Waals surface area contributed by atoms with Crippen LogP contribution in [0, 0.1) is 5.82 Å². The highest BCUT2D eigenvalue weighted by molar-refractivity contribution is 7.12. The Kier molecular flexibility index (Phi) is 4.32. The molecular formula is C15H15FO2S. The molecule has 0 unspecified atom stereocenters. The highest BCUT2D eigenvalue weighted by Crippen LogP contribution is 2.22. The predicted molar refractivity (Wildman–Crippen MR) is 74.7 cm³/mol. The van der Waals surface area contributed by atoms with Crippen LogP contribution in [0.1, 0.15) is 27.7 Å². The largest absolute Gasteiger partial charge is 0.494 e. The highest BCUT2D eigenvalue weighted by atomic mass is 32.1. The van der Waals surface area contributed by atoms with Crippen LogP contribution < -0.4 is 4.74 Å². The minimum Gasteiger partial charge on any atom is -0.494 e.